The molecule has 0 aromatic carbocycles. The fraction of sp³-hybridized carbons (Fsp3) is 0. The molecule has 0 fully saturated rings. The fourth-order valence-corrected chi connectivity index (χ4v) is 0.762. The molecule has 0 spiro atoms. The molecule has 1 atom stereocenters. The van der Waals surface area contributed by atoms with E-state index in [1.54, 1.807) is 0 Å². The zero-order valence-corrected chi connectivity index (χ0v) is 6.16. The molecule has 0 aliphatic rings. The van der Waals surface area contributed by atoms with Gasteiger partial charge in [0.25, 0.3) is 0 Å². The van der Waals surface area contributed by atoms with Crippen LogP contribution in [0.1, 0.15) is 0 Å². The Hall–Kier alpha value is -0.740. The van der Waals surface area contributed by atoms with E-state index in [4.69, 9.17) is 5.14 Å². The molecule has 2 nitrogen and oxygen atoms in total. The van der Waals surface area contributed by atoms with Gasteiger partial charge in [0.2, 0.25) is 0 Å². The van der Waals surface area contributed by atoms with Gasteiger partial charge in [-0.25, -0.2) is 13.7 Å². The van der Waals surface area contributed by atoms with E-state index in [2.05, 4.69) is 13.2 Å². The largest absolute Gasteiger partial charge is 0.248 e. The Morgan fingerprint density at radius 2 is 2.20 bits per heavy atom. The molecule has 0 saturated carbocycles. The van der Waals surface area contributed by atoms with Crippen LogP contribution < -0.4 is 5.14 Å². The molecule has 0 aromatic rings. The Balaban J connectivity index is 4.49. The summed E-state index contributed by atoms with van der Waals surface area (Å²) >= 11 is 0. The summed E-state index contributed by atoms with van der Waals surface area (Å²) in [5, 5.41) is 4.92. The molecule has 1 unspecified atom stereocenters. The van der Waals surface area contributed by atoms with Crippen molar-refractivity contribution in [1.82, 2.24) is 0 Å². The van der Waals surface area contributed by atoms with E-state index in [-0.39, 0.29) is 4.91 Å². The normalized spacial score (nSPS) is 14.4. The number of nitrogens with two attached hydrogens (primary N) is 1. The summed E-state index contributed by atoms with van der Waals surface area (Å²) in [5.41, 5.74) is 0. The molecule has 2 N–H and O–H groups in total. The first-order valence-electron chi connectivity index (χ1n) is 2.42. The van der Waals surface area contributed by atoms with Crippen LogP contribution in [0.2, 0.25) is 0 Å². The van der Waals surface area contributed by atoms with Crippen LogP contribution in [0.25, 0.3) is 0 Å². The molecule has 0 heterocycles. The van der Waals surface area contributed by atoms with Gasteiger partial charge in [0, 0.05) is 0 Å². The third-order valence-corrected chi connectivity index (χ3v) is 1.48. The van der Waals surface area contributed by atoms with Gasteiger partial charge in [-0.1, -0.05) is 19.2 Å². The van der Waals surface area contributed by atoms with Crippen molar-refractivity contribution in [2.24, 2.45) is 5.14 Å². The van der Waals surface area contributed by atoms with E-state index in [9.17, 15) is 8.60 Å². The maximum atomic E-state index is 12.0. The molecule has 0 aliphatic carbocycles. The third-order valence-electron chi connectivity index (χ3n) is 0.732. The second kappa shape index (κ2) is 4.14. The van der Waals surface area contributed by atoms with Gasteiger partial charge in [-0.3, -0.25) is 0 Å². The molecule has 0 rings (SSSR count). The van der Waals surface area contributed by atoms with Crippen LogP contribution in [0.3, 0.4) is 0 Å². The summed E-state index contributed by atoms with van der Waals surface area (Å²) in [6, 6.07) is 0. The van der Waals surface area contributed by atoms with E-state index < -0.39 is 16.8 Å². The third kappa shape index (κ3) is 3.32. The van der Waals surface area contributed by atoms with Gasteiger partial charge >= 0.3 is 0 Å². The Morgan fingerprint density at radius 3 is 2.30 bits per heavy atom. The van der Waals surface area contributed by atoms with Crippen LogP contribution in [-0.2, 0) is 11.0 Å². The summed E-state index contributed by atoms with van der Waals surface area (Å²) in [6.45, 7) is 6.23. The van der Waals surface area contributed by atoms with Gasteiger partial charge in [-0.2, -0.15) is 0 Å². The highest BCUT2D eigenvalue weighted by Crippen LogP contribution is 2.03. The van der Waals surface area contributed by atoms with Crippen LogP contribution >= 0.6 is 0 Å². The van der Waals surface area contributed by atoms with Crippen LogP contribution in [0, 0.1) is 0 Å². The molecule has 0 amide bonds. The lowest BCUT2D eigenvalue weighted by Crippen LogP contribution is -2.03. The first kappa shape index (κ1) is 9.26. The monoisotopic (exact) mass is 161 g/mol. The topological polar surface area (TPSA) is 43.1 Å². The fourth-order valence-electron chi connectivity index (χ4n) is 0.353. The quantitative estimate of drug-likeness (QED) is 0.620. The number of allylic oxidation sites excluding steroid dienone is 3. The van der Waals surface area contributed by atoms with E-state index in [0.717, 1.165) is 6.08 Å². The minimum absolute atomic E-state index is 0.132. The number of rotatable bonds is 3. The lowest BCUT2D eigenvalue weighted by molar-refractivity contribution is 0.669. The predicted octanol–water partition coefficient (Wildman–Crippen LogP) is 1.16. The Bertz CT molecular complexity index is 210. The van der Waals surface area contributed by atoms with Crippen molar-refractivity contribution in [1.29, 1.82) is 0 Å². The molecule has 0 bridgehead atoms. The zero-order chi connectivity index (χ0) is 8.15. The SMILES string of the molecule is C=C/C(=C\C(=C)F)S(N)=O. The number of hydrogen-bond donors (Lipinski definition) is 1. The first-order valence-corrected chi connectivity index (χ1v) is 3.64. The van der Waals surface area contributed by atoms with E-state index in [1.807, 2.05) is 0 Å². The standard InChI is InChI=1S/C6H8FNOS/c1-3-6(10(8)9)4-5(2)7/h3-4H,1-2,8H2/b6-4+. The highest BCUT2D eigenvalue weighted by atomic mass is 32.2. The Morgan fingerprint density at radius 1 is 1.70 bits per heavy atom. The predicted molar refractivity (Wildman–Crippen MR) is 40.9 cm³/mol. The lowest BCUT2D eigenvalue weighted by atomic mass is 10.4. The van der Waals surface area contributed by atoms with Gasteiger partial charge in [-0.15, -0.1) is 0 Å². The smallest absolute Gasteiger partial charge is 0.122 e. The molecular weight excluding hydrogens is 153 g/mol. The van der Waals surface area contributed by atoms with Gasteiger partial charge in [0.15, 0.2) is 0 Å². The highest BCUT2D eigenvalue weighted by Gasteiger charge is 1.96. The maximum absolute atomic E-state index is 12.0. The second-order valence-corrected chi connectivity index (χ2v) is 2.56. The lowest BCUT2D eigenvalue weighted by Gasteiger charge is -1.92. The minimum atomic E-state index is -1.68. The van der Waals surface area contributed by atoms with Crippen molar-refractivity contribution < 1.29 is 8.60 Å². The van der Waals surface area contributed by atoms with Crippen molar-refractivity contribution in [3.8, 4) is 0 Å². The first-order chi connectivity index (χ1) is 4.57. The van der Waals surface area contributed by atoms with Gasteiger partial charge in [-0.05, 0) is 6.08 Å². The molecule has 0 saturated heterocycles. The van der Waals surface area contributed by atoms with E-state index in [0.29, 0.717) is 0 Å². The van der Waals surface area contributed by atoms with Gasteiger partial charge < -0.3 is 0 Å². The molecule has 0 radical (unpaired) electrons. The van der Waals surface area contributed by atoms with Crippen LogP contribution in [0.4, 0.5) is 4.39 Å². The van der Waals surface area contributed by atoms with Crippen LogP contribution in [-0.4, -0.2) is 4.21 Å². The number of halogens is 1. The average molecular weight is 161 g/mol. The summed E-state index contributed by atoms with van der Waals surface area (Å²) < 4.78 is 22.4. The number of hydrogen-bond acceptors (Lipinski definition) is 1. The van der Waals surface area contributed by atoms with Crippen LogP contribution in [0.5, 0.6) is 0 Å². The van der Waals surface area contributed by atoms with E-state index >= 15 is 0 Å². The van der Waals surface area contributed by atoms with Crippen molar-refractivity contribution in [2.45, 2.75) is 0 Å². The second-order valence-electron chi connectivity index (χ2n) is 1.50. The molecule has 0 aromatic heterocycles. The summed E-state index contributed by atoms with van der Waals surface area (Å²) in [6.07, 6.45) is 2.20. The zero-order valence-electron chi connectivity index (χ0n) is 5.34. The average Bonchev–Trinajstić information content (AvgIpc) is 1.81. The molecule has 0 aliphatic heterocycles. The van der Waals surface area contributed by atoms with Crippen molar-refractivity contribution >= 4 is 11.0 Å². The summed E-state index contributed by atoms with van der Waals surface area (Å²) in [5.74, 6) is -0.686. The molecule has 10 heavy (non-hydrogen) atoms. The maximum Gasteiger partial charge on any atom is 0.122 e. The molecule has 56 valence electrons. The summed E-state index contributed by atoms with van der Waals surface area (Å²) in [4.78, 5) is 0.132. The van der Waals surface area contributed by atoms with Gasteiger partial charge in [0.1, 0.15) is 16.8 Å². The van der Waals surface area contributed by atoms with Crippen molar-refractivity contribution in [2.75, 3.05) is 0 Å². The molecular formula is C6H8FNOS. The summed E-state index contributed by atoms with van der Waals surface area (Å²) in [7, 11) is -1.68. The minimum Gasteiger partial charge on any atom is -0.248 e. The van der Waals surface area contributed by atoms with E-state index in [1.165, 1.54) is 6.08 Å². The molecule has 4 heteroatoms. The Kier molecular flexibility index (Phi) is 3.83. The van der Waals surface area contributed by atoms with Crippen molar-refractivity contribution in [3.05, 3.63) is 36.0 Å². The Labute approximate surface area is 61.5 Å². The van der Waals surface area contributed by atoms with Crippen LogP contribution in [0.15, 0.2) is 36.0 Å². The highest BCUT2D eigenvalue weighted by molar-refractivity contribution is 7.86. The van der Waals surface area contributed by atoms with Crippen molar-refractivity contribution in [3.63, 3.8) is 0 Å². The van der Waals surface area contributed by atoms with Gasteiger partial charge in [0.05, 0.1) is 4.91 Å².